The van der Waals surface area contributed by atoms with Crippen molar-refractivity contribution in [1.82, 2.24) is 10.3 Å². The van der Waals surface area contributed by atoms with Gasteiger partial charge in [0.15, 0.2) is 0 Å². The van der Waals surface area contributed by atoms with E-state index in [4.69, 9.17) is 5.84 Å². The summed E-state index contributed by atoms with van der Waals surface area (Å²) in [6.07, 6.45) is 9.13. The lowest BCUT2D eigenvalue weighted by Crippen LogP contribution is -2.61. The van der Waals surface area contributed by atoms with Crippen molar-refractivity contribution < 1.29 is 0 Å². The number of nitrogens with one attached hydrogen (secondary N) is 1. The van der Waals surface area contributed by atoms with Crippen LogP contribution >= 0.6 is 11.3 Å². The number of thiophene rings is 1. The van der Waals surface area contributed by atoms with Crippen molar-refractivity contribution in [3.63, 3.8) is 0 Å². The van der Waals surface area contributed by atoms with Gasteiger partial charge in [0.1, 0.15) is 0 Å². The van der Waals surface area contributed by atoms with Gasteiger partial charge in [0.25, 0.3) is 0 Å². The SMILES string of the molecule is NNC(Cc1ccsc1)C1(N2CCCC2)CCCC1. The lowest BCUT2D eigenvalue weighted by Gasteiger charge is -2.45. The number of hydrogen-bond acceptors (Lipinski definition) is 4. The Labute approximate surface area is 120 Å². The minimum atomic E-state index is 0.313. The smallest absolute Gasteiger partial charge is 0.0435 e. The molecule has 0 amide bonds. The minimum absolute atomic E-state index is 0.313. The maximum atomic E-state index is 5.95. The third-order valence-corrected chi connectivity index (χ3v) is 5.81. The Morgan fingerprint density at radius 2 is 2.00 bits per heavy atom. The predicted molar refractivity (Wildman–Crippen MR) is 81.1 cm³/mol. The summed E-state index contributed by atoms with van der Waals surface area (Å²) in [7, 11) is 0. The predicted octanol–water partition coefficient (Wildman–Crippen LogP) is 2.53. The van der Waals surface area contributed by atoms with Crippen molar-refractivity contribution >= 4 is 11.3 Å². The first-order valence-corrected chi connectivity index (χ1v) is 8.52. The van der Waals surface area contributed by atoms with Crippen LogP contribution in [0.4, 0.5) is 0 Å². The fraction of sp³-hybridized carbons (Fsp3) is 0.733. The van der Waals surface area contributed by atoms with E-state index in [9.17, 15) is 0 Å². The van der Waals surface area contributed by atoms with Crippen molar-refractivity contribution in [2.24, 2.45) is 5.84 Å². The Morgan fingerprint density at radius 3 is 2.58 bits per heavy atom. The summed E-state index contributed by atoms with van der Waals surface area (Å²) in [5.41, 5.74) is 4.90. The number of nitrogens with zero attached hydrogens (tertiary/aromatic N) is 1. The number of rotatable bonds is 5. The van der Waals surface area contributed by atoms with Crippen molar-refractivity contribution in [1.29, 1.82) is 0 Å². The molecule has 3 N–H and O–H groups in total. The summed E-state index contributed by atoms with van der Waals surface area (Å²) in [6, 6.07) is 2.63. The molecule has 3 nitrogen and oxygen atoms in total. The Bertz CT molecular complexity index is 378. The van der Waals surface area contributed by atoms with Gasteiger partial charge in [-0.1, -0.05) is 12.8 Å². The summed E-state index contributed by atoms with van der Waals surface area (Å²) >= 11 is 1.78. The first-order chi connectivity index (χ1) is 9.35. The van der Waals surface area contributed by atoms with E-state index >= 15 is 0 Å². The second kappa shape index (κ2) is 5.92. The zero-order valence-electron chi connectivity index (χ0n) is 11.6. The van der Waals surface area contributed by atoms with Gasteiger partial charge in [0, 0.05) is 11.6 Å². The third-order valence-electron chi connectivity index (χ3n) is 5.07. The molecule has 1 saturated heterocycles. The van der Waals surface area contributed by atoms with Gasteiger partial charge in [-0.15, -0.1) is 0 Å². The van der Waals surface area contributed by atoms with E-state index in [1.54, 1.807) is 11.3 Å². The highest BCUT2D eigenvalue weighted by Crippen LogP contribution is 2.40. The van der Waals surface area contributed by atoms with Crippen LogP contribution in [0.15, 0.2) is 16.8 Å². The van der Waals surface area contributed by atoms with E-state index in [-0.39, 0.29) is 0 Å². The van der Waals surface area contributed by atoms with E-state index in [1.807, 2.05) is 0 Å². The fourth-order valence-electron chi connectivity index (χ4n) is 4.08. The molecule has 0 spiro atoms. The highest BCUT2D eigenvalue weighted by Gasteiger charge is 2.46. The summed E-state index contributed by atoms with van der Waals surface area (Å²) in [5.74, 6) is 5.95. The van der Waals surface area contributed by atoms with Crippen LogP contribution < -0.4 is 11.3 Å². The van der Waals surface area contributed by atoms with Crippen molar-refractivity contribution in [3.8, 4) is 0 Å². The summed E-state index contributed by atoms with van der Waals surface area (Å²) in [4.78, 5) is 2.73. The second-order valence-corrected chi connectivity index (χ2v) is 6.84. The highest BCUT2D eigenvalue weighted by atomic mass is 32.1. The largest absolute Gasteiger partial charge is 0.296 e. The number of hydrazine groups is 1. The first-order valence-electron chi connectivity index (χ1n) is 7.57. The Hall–Kier alpha value is -0.420. The maximum Gasteiger partial charge on any atom is 0.0435 e. The van der Waals surface area contributed by atoms with Gasteiger partial charge in [0.2, 0.25) is 0 Å². The van der Waals surface area contributed by atoms with E-state index in [0.29, 0.717) is 11.6 Å². The molecule has 2 heterocycles. The molecule has 0 radical (unpaired) electrons. The van der Waals surface area contributed by atoms with E-state index in [0.717, 1.165) is 6.42 Å². The standard InChI is InChI=1S/C15H25N3S/c16-17-14(11-13-5-10-19-12-13)15(6-1-2-7-15)18-8-3-4-9-18/h5,10,12,14,17H,1-4,6-9,11,16H2. The number of likely N-dealkylation sites (tertiary alicyclic amines) is 1. The Morgan fingerprint density at radius 1 is 1.26 bits per heavy atom. The molecule has 0 aromatic carbocycles. The zero-order valence-corrected chi connectivity index (χ0v) is 12.4. The molecule has 1 aromatic rings. The van der Waals surface area contributed by atoms with Crippen LogP contribution in [0.25, 0.3) is 0 Å². The minimum Gasteiger partial charge on any atom is -0.296 e. The van der Waals surface area contributed by atoms with Crippen molar-refractivity contribution in [2.75, 3.05) is 13.1 Å². The van der Waals surface area contributed by atoms with Crippen molar-refractivity contribution in [2.45, 2.75) is 56.5 Å². The molecule has 1 atom stereocenters. The first kappa shape index (κ1) is 13.6. The summed E-state index contributed by atoms with van der Waals surface area (Å²) in [6.45, 7) is 2.53. The van der Waals surface area contributed by atoms with Crippen molar-refractivity contribution in [3.05, 3.63) is 22.4 Å². The molecule has 0 bridgehead atoms. The van der Waals surface area contributed by atoms with Gasteiger partial charge in [0.05, 0.1) is 0 Å². The third kappa shape index (κ3) is 2.59. The van der Waals surface area contributed by atoms with Gasteiger partial charge in [-0.3, -0.25) is 16.2 Å². The van der Waals surface area contributed by atoms with Crippen LogP contribution in [0.3, 0.4) is 0 Å². The van der Waals surface area contributed by atoms with Crippen LogP contribution in [-0.2, 0) is 6.42 Å². The molecule has 1 unspecified atom stereocenters. The lowest BCUT2D eigenvalue weighted by molar-refractivity contribution is 0.0766. The Balaban J connectivity index is 1.80. The number of hydrogen-bond donors (Lipinski definition) is 2. The molecule has 1 aliphatic heterocycles. The Kier molecular flexibility index (Phi) is 4.22. The van der Waals surface area contributed by atoms with E-state index in [2.05, 4.69) is 27.2 Å². The van der Waals surface area contributed by atoms with Crippen LogP contribution in [-0.4, -0.2) is 29.6 Å². The molecule has 19 heavy (non-hydrogen) atoms. The normalized spacial score (nSPS) is 24.9. The highest BCUT2D eigenvalue weighted by molar-refractivity contribution is 7.07. The van der Waals surface area contributed by atoms with E-state index < -0.39 is 0 Å². The average molecular weight is 279 g/mol. The molecular weight excluding hydrogens is 254 g/mol. The van der Waals surface area contributed by atoms with Gasteiger partial charge < -0.3 is 0 Å². The van der Waals surface area contributed by atoms with E-state index in [1.165, 1.54) is 57.2 Å². The quantitative estimate of drug-likeness (QED) is 0.643. The average Bonchev–Trinajstić information content (AvgIpc) is 3.15. The van der Waals surface area contributed by atoms with Gasteiger partial charge >= 0.3 is 0 Å². The summed E-state index contributed by atoms with van der Waals surface area (Å²) < 4.78 is 0. The molecule has 106 valence electrons. The molecule has 1 aromatic heterocycles. The van der Waals surface area contributed by atoms with Crippen LogP contribution in [0.1, 0.15) is 44.1 Å². The monoisotopic (exact) mass is 279 g/mol. The van der Waals surface area contributed by atoms with Crippen LogP contribution in [0, 0.1) is 0 Å². The number of nitrogens with two attached hydrogens (primary N) is 1. The zero-order chi connectivity index (χ0) is 13.1. The fourth-order valence-corrected chi connectivity index (χ4v) is 4.76. The second-order valence-electron chi connectivity index (χ2n) is 6.06. The van der Waals surface area contributed by atoms with Crippen LogP contribution in [0.2, 0.25) is 0 Å². The molecule has 4 heteroatoms. The molecular formula is C15H25N3S. The topological polar surface area (TPSA) is 41.3 Å². The van der Waals surface area contributed by atoms with Crippen LogP contribution in [0.5, 0.6) is 0 Å². The molecule has 2 aliphatic rings. The molecule has 1 saturated carbocycles. The van der Waals surface area contributed by atoms with Gasteiger partial charge in [-0.25, -0.2) is 0 Å². The molecule has 2 fully saturated rings. The maximum absolute atomic E-state index is 5.95. The molecule has 3 rings (SSSR count). The summed E-state index contributed by atoms with van der Waals surface area (Å²) in [5, 5.41) is 4.43. The lowest BCUT2D eigenvalue weighted by atomic mass is 9.83. The van der Waals surface area contributed by atoms with Gasteiger partial charge in [-0.2, -0.15) is 11.3 Å². The van der Waals surface area contributed by atoms with Gasteiger partial charge in [-0.05, 0) is 67.6 Å². The molecule has 1 aliphatic carbocycles.